The smallest absolute Gasteiger partial charge is 0.330 e. The molecule has 0 aliphatic carbocycles. The second-order valence-corrected chi connectivity index (χ2v) is 3.21. The van der Waals surface area contributed by atoms with Crippen LogP contribution in [0.2, 0.25) is 0 Å². The Morgan fingerprint density at radius 2 is 2.36 bits per heavy atom. The molecule has 0 unspecified atom stereocenters. The van der Waals surface area contributed by atoms with Crippen molar-refractivity contribution in [3.8, 4) is 5.75 Å². The molecule has 0 aliphatic rings. The summed E-state index contributed by atoms with van der Waals surface area (Å²) in [6.45, 7) is 0. The minimum atomic E-state index is -0.494. The molecule has 1 rings (SSSR count). The molecule has 0 bridgehead atoms. The fourth-order valence-corrected chi connectivity index (χ4v) is 1.10. The molecule has 1 aromatic rings. The highest BCUT2D eigenvalue weighted by molar-refractivity contribution is 9.10. The van der Waals surface area contributed by atoms with Crippen LogP contribution in [0.15, 0.2) is 22.8 Å². The van der Waals surface area contributed by atoms with Crippen molar-refractivity contribution >= 4 is 28.0 Å². The standard InChI is InChI=1S/C9H8BrNO3/c1-14-9(13)5-2-6-7(12)3-4-8(10)11-6/h2-5,12H,1H3. The number of pyridine rings is 1. The predicted octanol–water partition coefficient (Wildman–Crippen LogP) is 1.74. The number of halogens is 1. The molecule has 4 nitrogen and oxygen atoms in total. The summed E-state index contributed by atoms with van der Waals surface area (Å²) in [4.78, 5) is 14.7. The maximum atomic E-state index is 10.8. The Hall–Kier alpha value is -1.36. The van der Waals surface area contributed by atoms with E-state index < -0.39 is 5.97 Å². The Kier molecular flexibility index (Phi) is 3.64. The number of nitrogens with zero attached hydrogens (tertiary/aromatic N) is 1. The minimum absolute atomic E-state index is 0.00773. The molecule has 0 fully saturated rings. The molecule has 14 heavy (non-hydrogen) atoms. The Labute approximate surface area is 89.4 Å². The van der Waals surface area contributed by atoms with E-state index in [2.05, 4.69) is 25.7 Å². The Bertz CT molecular complexity index is 376. The zero-order valence-electron chi connectivity index (χ0n) is 7.40. The van der Waals surface area contributed by atoms with E-state index in [0.717, 1.165) is 0 Å². The van der Waals surface area contributed by atoms with Crippen LogP contribution in [0.3, 0.4) is 0 Å². The number of rotatable bonds is 2. The maximum absolute atomic E-state index is 10.8. The number of hydrogen-bond donors (Lipinski definition) is 1. The summed E-state index contributed by atoms with van der Waals surface area (Å²) in [7, 11) is 1.28. The third-order valence-corrected chi connectivity index (χ3v) is 1.89. The van der Waals surface area contributed by atoms with E-state index in [9.17, 15) is 9.90 Å². The second kappa shape index (κ2) is 4.76. The van der Waals surface area contributed by atoms with Crippen molar-refractivity contribution in [1.29, 1.82) is 0 Å². The largest absolute Gasteiger partial charge is 0.506 e. The predicted molar refractivity (Wildman–Crippen MR) is 54.7 cm³/mol. The van der Waals surface area contributed by atoms with Crippen LogP contribution in [-0.2, 0) is 9.53 Å². The number of carbonyl (C=O) groups excluding carboxylic acids is 1. The van der Waals surface area contributed by atoms with Crippen molar-refractivity contribution in [1.82, 2.24) is 4.98 Å². The summed E-state index contributed by atoms with van der Waals surface area (Å²) in [5.74, 6) is -0.487. The lowest BCUT2D eigenvalue weighted by Gasteiger charge is -1.97. The van der Waals surface area contributed by atoms with Crippen LogP contribution in [0.5, 0.6) is 5.75 Å². The van der Waals surface area contributed by atoms with Crippen LogP contribution < -0.4 is 0 Å². The van der Waals surface area contributed by atoms with Crippen LogP contribution in [-0.4, -0.2) is 23.2 Å². The molecule has 0 spiro atoms. The fourth-order valence-electron chi connectivity index (χ4n) is 0.780. The van der Waals surface area contributed by atoms with Crippen LogP contribution in [0, 0.1) is 0 Å². The third-order valence-electron chi connectivity index (χ3n) is 1.45. The first-order valence-electron chi connectivity index (χ1n) is 3.75. The first-order valence-corrected chi connectivity index (χ1v) is 4.54. The molecule has 0 aromatic carbocycles. The van der Waals surface area contributed by atoms with Gasteiger partial charge in [0.15, 0.2) is 0 Å². The van der Waals surface area contributed by atoms with Gasteiger partial charge in [-0.2, -0.15) is 0 Å². The number of ether oxygens (including phenoxy) is 1. The average molecular weight is 258 g/mol. The lowest BCUT2D eigenvalue weighted by molar-refractivity contribution is -0.134. The first-order chi connectivity index (χ1) is 6.63. The van der Waals surface area contributed by atoms with Gasteiger partial charge in [-0.05, 0) is 34.1 Å². The summed E-state index contributed by atoms with van der Waals surface area (Å²) in [6.07, 6.45) is 2.57. The monoisotopic (exact) mass is 257 g/mol. The van der Waals surface area contributed by atoms with Gasteiger partial charge in [-0.15, -0.1) is 0 Å². The molecule has 0 atom stereocenters. The first kappa shape index (κ1) is 10.7. The van der Waals surface area contributed by atoms with E-state index in [-0.39, 0.29) is 5.75 Å². The van der Waals surface area contributed by atoms with Gasteiger partial charge in [0, 0.05) is 6.08 Å². The molecule has 0 radical (unpaired) electrons. The van der Waals surface area contributed by atoms with Crippen molar-refractivity contribution in [3.05, 3.63) is 28.5 Å². The van der Waals surface area contributed by atoms with E-state index in [1.165, 1.54) is 25.3 Å². The molecule has 1 N–H and O–H groups in total. The molecule has 1 heterocycles. The van der Waals surface area contributed by atoms with Crippen LogP contribution in [0.1, 0.15) is 5.69 Å². The summed E-state index contributed by atoms with van der Waals surface area (Å²) in [5.41, 5.74) is 0.310. The Morgan fingerprint density at radius 3 is 3.00 bits per heavy atom. The van der Waals surface area contributed by atoms with Gasteiger partial charge < -0.3 is 9.84 Å². The average Bonchev–Trinajstić information content (AvgIpc) is 2.19. The van der Waals surface area contributed by atoms with E-state index >= 15 is 0 Å². The number of aromatic hydroxyl groups is 1. The van der Waals surface area contributed by atoms with Gasteiger partial charge in [-0.1, -0.05) is 0 Å². The summed E-state index contributed by atoms with van der Waals surface area (Å²) in [5, 5.41) is 9.33. The number of aromatic nitrogens is 1. The van der Waals surface area contributed by atoms with Gasteiger partial charge in [0.2, 0.25) is 0 Å². The van der Waals surface area contributed by atoms with Crippen LogP contribution in [0.25, 0.3) is 6.08 Å². The number of hydrogen-bond acceptors (Lipinski definition) is 4. The SMILES string of the molecule is COC(=O)C=Cc1nc(Br)ccc1O. The Morgan fingerprint density at radius 1 is 1.64 bits per heavy atom. The Balaban J connectivity index is 2.90. The van der Waals surface area contributed by atoms with E-state index in [0.29, 0.717) is 10.3 Å². The van der Waals surface area contributed by atoms with Gasteiger partial charge >= 0.3 is 5.97 Å². The van der Waals surface area contributed by atoms with Crippen molar-refractivity contribution in [3.63, 3.8) is 0 Å². The highest BCUT2D eigenvalue weighted by Crippen LogP contribution is 2.18. The van der Waals surface area contributed by atoms with E-state index in [1.807, 2.05) is 0 Å². The topological polar surface area (TPSA) is 59.4 Å². The molecule has 0 aliphatic heterocycles. The fraction of sp³-hybridized carbons (Fsp3) is 0.111. The van der Waals surface area contributed by atoms with Gasteiger partial charge in [0.05, 0.1) is 7.11 Å². The molecule has 0 saturated carbocycles. The third kappa shape index (κ3) is 2.85. The molecule has 74 valence electrons. The molecule has 1 aromatic heterocycles. The molecular formula is C9H8BrNO3. The van der Waals surface area contributed by atoms with E-state index in [1.54, 1.807) is 6.07 Å². The number of methoxy groups -OCH3 is 1. The summed E-state index contributed by atoms with van der Waals surface area (Å²) < 4.78 is 4.98. The summed E-state index contributed by atoms with van der Waals surface area (Å²) in [6, 6.07) is 3.08. The zero-order valence-corrected chi connectivity index (χ0v) is 8.98. The normalized spacial score (nSPS) is 10.4. The zero-order chi connectivity index (χ0) is 10.6. The lowest BCUT2D eigenvalue weighted by Crippen LogP contribution is -1.93. The summed E-state index contributed by atoms with van der Waals surface area (Å²) >= 11 is 3.15. The van der Waals surface area contributed by atoms with Crippen molar-refractivity contribution in [2.24, 2.45) is 0 Å². The number of carbonyl (C=O) groups is 1. The lowest BCUT2D eigenvalue weighted by atomic mass is 10.3. The molecule has 0 saturated heterocycles. The molecule has 5 heteroatoms. The molecular weight excluding hydrogens is 250 g/mol. The maximum Gasteiger partial charge on any atom is 0.330 e. The van der Waals surface area contributed by atoms with Crippen LogP contribution >= 0.6 is 15.9 Å². The van der Waals surface area contributed by atoms with E-state index in [4.69, 9.17) is 0 Å². The van der Waals surface area contributed by atoms with Gasteiger partial charge in [0.25, 0.3) is 0 Å². The minimum Gasteiger partial charge on any atom is -0.506 e. The molecule has 0 amide bonds. The van der Waals surface area contributed by atoms with Crippen molar-refractivity contribution in [2.45, 2.75) is 0 Å². The quantitative estimate of drug-likeness (QED) is 0.498. The van der Waals surface area contributed by atoms with Crippen LogP contribution in [0.4, 0.5) is 0 Å². The van der Waals surface area contributed by atoms with Crippen molar-refractivity contribution in [2.75, 3.05) is 7.11 Å². The number of esters is 1. The highest BCUT2D eigenvalue weighted by Gasteiger charge is 2.00. The van der Waals surface area contributed by atoms with Gasteiger partial charge in [-0.25, -0.2) is 9.78 Å². The highest BCUT2D eigenvalue weighted by atomic mass is 79.9. The van der Waals surface area contributed by atoms with Gasteiger partial charge in [-0.3, -0.25) is 0 Å². The van der Waals surface area contributed by atoms with Gasteiger partial charge in [0.1, 0.15) is 16.0 Å². The second-order valence-electron chi connectivity index (χ2n) is 2.39. The van der Waals surface area contributed by atoms with Crippen molar-refractivity contribution < 1.29 is 14.6 Å².